The van der Waals surface area contributed by atoms with Crippen molar-refractivity contribution in [1.29, 1.82) is 0 Å². The number of fused-ring (bicyclic) bond motifs is 1. The summed E-state index contributed by atoms with van der Waals surface area (Å²) >= 11 is 0. The lowest BCUT2D eigenvalue weighted by atomic mass is 9.99. The summed E-state index contributed by atoms with van der Waals surface area (Å²) in [7, 11) is 0. The number of nitrogens with one attached hydrogen (secondary N) is 1. The standard InChI is InChI=1S/C9H15N3O/c1-6-7-3-5-11-8(2-4-10)9(7)13-12-6/h8,11H,2-5,10H2,1H3. The number of aromatic nitrogens is 1. The first-order chi connectivity index (χ1) is 6.33. The molecule has 1 atom stereocenters. The van der Waals surface area contributed by atoms with Crippen LogP contribution in [0.5, 0.6) is 0 Å². The summed E-state index contributed by atoms with van der Waals surface area (Å²) in [6.45, 7) is 3.67. The van der Waals surface area contributed by atoms with Crippen LogP contribution < -0.4 is 11.1 Å². The quantitative estimate of drug-likeness (QED) is 0.698. The third kappa shape index (κ3) is 1.47. The molecule has 0 bridgehead atoms. The van der Waals surface area contributed by atoms with Gasteiger partial charge >= 0.3 is 0 Å². The van der Waals surface area contributed by atoms with Crippen molar-refractivity contribution < 1.29 is 4.52 Å². The normalized spacial score (nSPS) is 21.5. The summed E-state index contributed by atoms with van der Waals surface area (Å²) in [5, 5.41) is 7.35. The van der Waals surface area contributed by atoms with Crippen LogP contribution in [0.3, 0.4) is 0 Å². The Hall–Kier alpha value is -0.870. The SMILES string of the molecule is Cc1noc2c1CCNC2CCN. The molecule has 1 aromatic rings. The monoisotopic (exact) mass is 181 g/mol. The highest BCUT2D eigenvalue weighted by molar-refractivity contribution is 5.27. The fourth-order valence-electron chi connectivity index (χ4n) is 1.85. The van der Waals surface area contributed by atoms with E-state index in [1.165, 1.54) is 5.56 Å². The van der Waals surface area contributed by atoms with Gasteiger partial charge in [0, 0.05) is 12.1 Å². The van der Waals surface area contributed by atoms with Gasteiger partial charge < -0.3 is 15.6 Å². The Labute approximate surface area is 77.5 Å². The first-order valence-electron chi connectivity index (χ1n) is 4.71. The second-order valence-corrected chi connectivity index (χ2v) is 3.44. The van der Waals surface area contributed by atoms with Crippen LogP contribution in [0.1, 0.15) is 29.5 Å². The highest BCUT2D eigenvalue weighted by atomic mass is 16.5. The maximum atomic E-state index is 5.52. The van der Waals surface area contributed by atoms with Crippen LogP contribution in [0.4, 0.5) is 0 Å². The molecule has 72 valence electrons. The lowest BCUT2D eigenvalue weighted by molar-refractivity contribution is 0.318. The van der Waals surface area contributed by atoms with E-state index in [0.717, 1.165) is 30.8 Å². The molecule has 0 radical (unpaired) electrons. The number of hydrogen-bond acceptors (Lipinski definition) is 4. The van der Waals surface area contributed by atoms with Crippen molar-refractivity contribution in [2.75, 3.05) is 13.1 Å². The average molecular weight is 181 g/mol. The molecule has 1 aliphatic rings. The van der Waals surface area contributed by atoms with E-state index in [-0.39, 0.29) is 6.04 Å². The van der Waals surface area contributed by atoms with Gasteiger partial charge in [-0.15, -0.1) is 0 Å². The van der Waals surface area contributed by atoms with Crippen molar-refractivity contribution in [2.45, 2.75) is 25.8 Å². The van der Waals surface area contributed by atoms with Crippen molar-refractivity contribution in [3.8, 4) is 0 Å². The van der Waals surface area contributed by atoms with Gasteiger partial charge in [0.2, 0.25) is 0 Å². The van der Waals surface area contributed by atoms with Gasteiger partial charge in [-0.1, -0.05) is 5.16 Å². The van der Waals surface area contributed by atoms with Crippen LogP contribution in [0, 0.1) is 6.92 Å². The Morgan fingerprint density at radius 3 is 3.31 bits per heavy atom. The molecule has 0 saturated carbocycles. The number of rotatable bonds is 2. The zero-order valence-corrected chi connectivity index (χ0v) is 7.84. The molecule has 0 spiro atoms. The molecule has 13 heavy (non-hydrogen) atoms. The minimum atomic E-state index is 0.273. The Kier molecular flexibility index (Phi) is 2.33. The predicted octanol–water partition coefficient (Wildman–Crippen LogP) is 0.519. The van der Waals surface area contributed by atoms with Gasteiger partial charge in [0.15, 0.2) is 5.76 Å². The van der Waals surface area contributed by atoms with Crippen molar-refractivity contribution in [2.24, 2.45) is 5.73 Å². The fraction of sp³-hybridized carbons (Fsp3) is 0.667. The lowest BCUT2D eigenvalue weighted by Crippen LogP contribution is -2.30. The average Bonchev–Trinajstić information content (AvgIpc) is 2.50. The Morgan fingerprint density at radius 2 is 2.54 bits per heavy atom. The summed E-state index contributed by atoms with van der Waals surface area (Å²) in [6.07, 6.45) is 1.94. The van der Waals surface area contributed by atoms with Crippen molar-refractivity contribution in [3.05, 3.63) is 17.0 Å². The van der Waals surface area contributed by atoms with E-state index >= 15 is 0 Å². The van der Waals surface area contributed by atoms with Gasteiger partial charge in [-0.05, 0) is 26.3 Å². The summed E-state index contributed by atoms with van der Waals surface area (Å²) < 4.78 is 5.28. The van der Waals surface area contributed by atoms with Crippen molar-refractivity contribution in [3.63, 3.8) is 0 Å². The molecule has 4 nitrogen and oxygen atoms in total. The topological polar surface area (TPSA) is 64.1 Å². The van der Waals surface area contributed by atoms with Crippen molar-refractivity contribution >= 4 is 0 Å². The number of nitrogens with zero attached hydrogens (tertiary/aromatic N) is 1. The zero-order chi connectivity index (χ0) is 9.26. The summed E-state index contributed by atoms with van der Waals surface area (Å²) in [4.78, 5) is 0. The summed E-state index contributed by atoms with van der Waals surface area (Å²) in [5.41, 5.74) is 7.82. The van der Waals surface area contributed by atoms with Gasteiger partial charge in [0.05, 0.1) is 11.7 Å². The minimum Gasteiger partial charge on any atom is -0.359 e. The first kappa shape index (κ1) is 8.72. The van der Waals surface area contributed by atoms with E-state index in [4.69, 9.17) is 10.3 Å². The molecule has 1 unspecified atom stereocenters. The number of aryl methyl sites for hydroxylation is 1. The number of nitrogens with two attached hydrogens (primary N) is 1. The molecule has 0 saturated heterocycles. The van der Waals surface area contributed by atoms with E-state index in [9.17, 15) is 0 Å². The van der Waals surface area contributed by atoms with Gasteiger partial charge in [-0.2, -0.15) is 0 Å². The molecule has 4 heteroatoms. The molecule has 0 amide bonds. The smallest absolute Gasteiger partial charge is 0.157 e. The van der Waals surface area contributed by atoms with Crippen LogP contribution >= 0.6 is 0 Å². The predicted molar refractivity (Wildman–Crippen MR) is 49.4 cm³/mol. The second kappa shape index (κ2) is 3.47. The van der Waals surface area contributed by atoms with E-state index in [1.54, 1.807) is 0 Å². The van der Waals surface area contributed by atoms with Gasteiger partial charge in [-0.25, -0.2) is 0 Å². The molecule has 3 N–H and O–H groups in total. The lowest BCUT2D eigenvalue weighted by Gasteiger charge is -2.21. The fourth-order valence-corrected chi connectivity index (χ4v) is 1.85. The van der Waals surface area contributed by atoms with Gasteiger partial charge in [0.25, 0.3) is 0 Å². The van der Waals surface area contributed by atoms with Gasteiger partial charge in [0.1, 0.15) is 0 Å². The van der Waals surface area contributed by atoms with Crippen molar-refractivity contribution in [1.82, 2.24) is 10.5 Å². The maximum absolute atomic E-state index is 5.52. The third-order valence-electron chi connectivity index (χ3n) is 2.55. The van der Waals surface area contributed by atoms with E-state index in [0.29, 0.717) is 6.54 Å². The van der Waals surface area contributed by atoms with Crippen LogP contribution in [0.2, 0.25) is 0 Å². The van der Waals surface area contributed by atoms with E-state index in [2.05, 4.69) is 10.5 Å². The Balaban J connectivity index is 2.27. The van der Waals surface area contributed by atoms with Crippen LogP contribution in [0.15, 0.2) is 4.52 Å². The van der Waals surface area contributed by atoms with Crippen LogP contribution in [0.25, 0.3) is 0 Å². The highest BCUT2D eigenvalue weighted by Gasteiger charge is 2.25. The van der Waals surface area contributed by atoms with E-state index < -0.39 is 0 Å². The Bertz CT molecular complexity index is 295. The zero-order valence-electron chi connectivity index (χ0n) is 7.84. The maximum Gasteiger partial charge on any atom is 0.157 e. The molecular weight excluding hydrogens is 166 g/mol. The molecule has 2 heterocycles. The number of hydrogen-bond donors (Lipinski definition) is 2. The van der Waals surface area contributed by atoms with E-state index in [1.807, 2.05) is 6.92 Å². The molecular formula is C9H15N3O. The first-order valence-corrected chi connectivity index (χ1v) is 4.71. The molecule has 1 aromatic heterocycles. The largest absolute Gasteiger partial charge is 0.359 e. The highest BCUT2D eigenvalue weighted by Crippen LogP contribution is 2.26. The molecule has 2 rings (SSSR count). The molecule has 0 aromatic carbocycles. The minimum absolute atomic E-state index is 0.273. The van der Waals surface area contributed by atoms with Crippen LogP contribution in [-0.2, 0) is 6.42 Å². The van der Waals surface area contributed by atoms with Crippen LogP contribution in [-0.4, -0.2) is 18.2 Å². The summed E-state index contributed by atoms with van der Waals surface area (Å²) in [5.74, 6) is 0.995. The molecule has 1 aliphatic heterocycles. The molecule has 0 aliphatic carbocycles. The van der Waals surface area contributed by atoms with Gasteiger partial charge in [-0.3, -0.25) is 0 Å². The third-order valence-corrected chi connectivity index (χ3v) is 2.55. The second-order valence-electron chi connectivity index (χ2n) is 3.44. The Morgan fingerprint density at radius 1 is 1.69 bits per heavy atom. The molecule has 0 fully saturated rings. The summed E-state index contributed by atoms with van der Waals surface area (Å²) in [6, 6.07) is 0.273.